The van der Waals surface area contributed by atoms with Crippen molar-refractivity contribution >= 4 is 9.84 Å². The molecule has 1 aromatic carbocycles. The molecule has 0 saturated carbocycles. The van der Waals surface area contributed by atoms with Crippen molar-refractivity contribution in [3.8, 4) is 12.3 Å². The Bertz CT molecular complexity index is 467. The predicted molar refractivity (Wildman–Crippen MR) is 61.3 cm³/mol. The van der Waals surface area contributed by atoms with Gasteiger partial charge in [0.15, 0.2) is 9.84 Å². The van der Waals surface area contributed by atoms with Gasteiger partial charge in [0, 0.05) is 6.42 Å². The van der Waals surface area contributed by atoms with Crippen LogP contribution in [0.15, 0.2) is 29.2 Å². The number of aryl methyl sites for hydroxylation is 1. The second-order valence-corrected chi connectivity index (χ2v) is 5.47. The lowest BCUT2D eigenvalue weighted by Gasteiger charge is -2.05. The number of sulfone groups is 1. The second kappa shape index (κ2) is 4.99. The van der Waals surface area contributed by atoms with Crippen molar-refractivity contribution in [1.29, 1.82) is 0 Å². The highest BCUT2D eigenvalue weighted by atomic mass is 32.2. The number of benzene rings is 1. The molecule has 0 unspecified atom stereocenters. The third-order valence-electron chi connectivity index (χ3n) is 2.16. The minimum absolute atomic E-state index is 0.127. The molecule has 80 valence electrons. The standard InChI is InChI=1S/C12H14O2S/c1-3-4-7-10-15(13,14)12-9-6-5-8-11(12)2/h1,5-6,8-9H,4,7,10H2,2H3. The van der Waals surface area contributed by atoms with Gasteiger partial charge < -0.3 is 0 Å². The van der Waals surface area contributed by atoms with E-state index in [-0.39, 0.29) is 5.75 Å². The van der Waals surface area contributed by atoms with E-state index in [9.17, 15) is 8.42 Å². The largest absolute Gasteiger partial charge is 0.224 e. The number of terminal acetylenes is 1. The molecule has 2 nitrogen and oxygen atoms in total. The first-order chi connectivity index (χ1) is 7.08. The molecule has 0 fully saturated rings. The zero-order chi connectivity index (χ0) is 11.3. The molecule has 0 aromatic heterocycles. The molecule has 0 bridgehead atoms. The topological polar surface area (TPSA) is 34.1 Å². The number of rotatable bonds is 4. The van der Waals surface area contributed by atoms with Gasteiger partial charge in [-0.1, -0.05) is 18.2 Å². The average Bonchev–Trinajstić information content (AvgIpc) is 2.18. The maximum Gasteiger partial charge on any atom is 0.178 e. The molecular weight excluding hydrogens is 208 g/mol. The van der Waals surface area contributed by atoms with Gasteiger partial charge in [-0.15, -0.1) is 12.3 Å². The summed E-state index contributed by atoms with van der Waals surface area (Å²) in [5.74, 6) is 2.57. The molecule has 1 rings (SSSR count). The Kier molecular flexibility index (Phi) is 3.93. The van der Waals surface area contributed by atoms with Crippen molar-refractivity contribution in [3.05, 3.63) is 29.8 Å². The fourth-order valence-corrected chi connectivity index (χ4v) is 2.97. The molecule has 0 aliphatic carbocycles. The highest BCUT2D eigenvalue weighted by Gasteiger charge is 2.15. The van der Waals surface area contributed by atoms with Gasteiger partial charge in [-0.3, -0.25) is 0 Å². The van der Waals surface area contributed by atoms with Crippen molar-refractivity contribution in [2.24, 2.45) is 0 Å². The minimum Gasteiger partial charge on any atom is -0.224 e. The molecule has 0 N–H and O–H groups in total. The van der Waals surface area contributed by atoms with E-state index in [0.29, 0.717) is 17.7 Å². The maximum absolute atomic E-state index is 11.9. The third kappa shape index (κ3) is 3.10. The smallest absolute Gasteiger partial charge is 0.178 e. The average molecular weight is 222 g/mol. The van der Waals surface area contributed by atoms with Gasteiger partial charge in [0.25, 0.3) is 0 Å². The van der Waals surface area contributed by atoms with Crippen molar-refractivity contribution in [2.45, 2.75) is 24.7 Å². The Labute approximate surface area is 91.2 Å². The molecule has 0 radical (unpaired) electrons. The van der Waals surface area contributed by atoms with Crippen molar-refractivity contribution in [2.75, 3.05) is 5.75 Å². The molecule has 0 saturated heterocycles. The van der Waals surface area contributed by atoms with Crippen LogP contribution in [-0.4, -0.2) is 14.2 Å². The van der Waals surface area contributed by atoms with E-state index in [2.05, 4.69) is 5.92 Å². The normalized spacial score (nSPS) is 10.9. The zero-order valence-electron chi connectivity index (χ0n) is 8.73. The number of hydrogen-bond acceptors (Lipinski definition) is 2. The van der Waals surface area contributed by atoms with Crippen LogP contribution in [0, 0.1) is 19.3 Å². The molecule has 1 aromatic rings. The summed E-state index contributed by atoms with van der Waals surface area (Å²) in [5, 5.41) is 0. The molecule has 0 aliphatic heterocycles. The Balaban J connectivity index is 2.88. The highest BCUT2D eigenvalue weighted by Crippen LogP contribution is 2.16. The van der Waals surface area contributed by atoms with Crippen molar-refractivity contribution in [1.82, 2.24) is 0 Å². The van der Waals surface area contributed by atoms with Gasteiger partial charge in [0.1, 0.15) is 0 Å². The SMILES string of the molecule is C#CCCCS(=O)(=O)c1ccccc1C. The van der Waals surface area contributed by atoms with Crippen molar-refractivity contribution < 1.29 is 8.42 Å². The summed E-state index contributed by atoms with van der Waals surface area (Å²) in [7, 11) is -3.16. The summed E-state index contributed by atoms with van der Waals surface area (Å²) in [6.45, 7) is 1.80. The van der Waals surface area contributed by atoms with Gasteiger partial charge in [-0.25, -0.2) is 8.42 Å². The highest BCUT2D eigenvalue weighted by molar-refractivity contribution is 7.91. The second-order valence-electron chi connectivity index (χ2n) is 3.39. The summed E-state index contributed by atoms with van der Waals surface area (Å²) >= 11 is 0. The van der Waals surface area contributed by atoms with Crippen LogP contribution in [0.5, 0.6) is 0 Å². The molecule has 3 heteroatoms. The quantitative estimate of drug-likeness (QED) is 0.578. The van der Waals surface area contributed by atoms with E-state index < -0.39 is 9.84 Å². The molecule has 0 heterocycles. The molecule has 0 aliphatic rings. The first-order valence-corrected chi connectivity index (χ1v) is 6.45. The molecule has 15 heavy (non-hydrogen) atoms. The first kappa shape index (κ1) is 11.8. The Morgan fingerprint density at radius 1 is 1.33 bits per heavy atom. The van der Waals surface area contributed by atoms with Crippen molar-refractivity contribution in [3.63, 3.8) is 0 Å². The summed E-state index contributed by atoms with van der Waals surface area (Å²) < 4.78 is 23.7. The number of unbranched alkanes of at least 4 members (excludes halogenated alkanes) is 1. The Hall–Kier alpha value is -1.27. The summed E-state index contributed by atoms with van der Waals surface area (Å²) in [4.78, 5) is 0.419. The lowest BCUT2D eigenvalue weighted by molar-refractivity contribution is 0.593. The zero-order valence-corrected chi connectivity index (χ0v) is 9.55. The van der Waals surface area contributed by atoms with Crippen LogP contribution < -0.4 is 0 Å². The number of hydrogen-bond donors (Lipinski definition) is 0. The van der Waals surface area contributed by atoms with Gasteiger partial charge in [-0.2, -0.15) is 0 Å². The van der Waals surface area contributed by atoms with E-state index in [1.807, 2.05) is 6.07 Å². The molecule has 0 spiro atoms. The van der Waals surface area contributed by atoms with Gasteiger partial charge in [0.05, 0.1) is 10.6 Å². The summed E-state index contributed by atoms with van der Waals surface area (Å²) in [6, 6.07) is 7.01. The Morgan fingerprint density at radius 3 is 2.60 bits per heavy atom. The summed E-state index contributed by atoms with van der Waals surface area (Å²) in [6.07, 6.45) is 6.11. The third-order valence-corrected chi connectivity index (χ3v) is 4.12. The van der Waals surface area contributed by atoms with Crippen LogP contribution in [0.4, 0.5) is 0 Å². The van der Waals surface area contributed by atoms with Crippen LogP contribution in [0.2, 0.25) is 0 Å². The molecule has 0 atom stereocenters. The monoisotopic (exact) mass is 222 g/mol. The lowest BCUT2D eigenvalue weighted by Crippen LogP contribution is -2.08. The molecular formula is C12H14O2S. The van der Waals surface area contributed by atoms with Gasteiger partial charge in [-0.05, 0) is 25.0 Å². The molecule has 0 amide bonds. The van der Waals surface area contributed by atoms with E-state index in [1.165, 1.54) is 0 Å². The fraction of sp³-hybridized carbons (Fsp3) is 0.333. The lowest BCUT2D eigenvalue weighted by atomic mass is 10.2. The Morgan fingerprint density at radius 2 is 2.00 bits per heavy atom. The van der Waals surface area contributed by atoms with E-state index in [0.717, 1.165) is 5.56 Å². The van der Waals surface area contributed by atoms with E-state index >= 15 is 0 Å². The van der Waals surface area contributed by atoms with Crippen LogP contribution >= 0.6 is 0 Å². The van der Waals surface area contributed by atoms with E-state index in [1.54, 1.807) is 25.1 Å². The minimum atomic E-state index is -3.16. The van der Waals surface area contributed by atoms with Gasteiger partial charge >= 0.3 is 0 Å². The van der Waals surface area contributed by atoms with Gasteiger partial charge in [0.2, 0.25) is 0 Å². The first-order valence-electron chi connectivity index (χ1n) is 4.80. The maximum atomic E-state index is 11.9. The van der Waals surface area contributed by atoms with E-state index in [4.69, 9.17) is 6.42 Å². The van der Waals surface area contributed by atoms with Crippen LogP contribution in [-0.2, 0) is 9.84 Å². The van der Waals surface area contributed by atoms with Crippen LogP contribution in [0.1, 0.15) is 18.4 Å². The fourth-order valence-electron chi connectivity index (χ4n) is 1.38. The summed E-state index contributed by atoms with van der Waals surface area (Å²) in [5.41, 5.74) is 0.790. The van der Waals surface area contributed by atoms with Crippen LogP contribution in [0.3, 0.4) is 0 Å². The van der Waals surface area contributed by atoms with Crippen LogP contribution in [0.25, 0.3) is 0 Å². The predicted octanol–water partition coefficient (Wildman–Crippen LogP) is 2.18.